The summed E-state index contributed by atoms with van der Waals surface area (Å²) in [6.45, 7) is 2.16. The Kier molecular flexibility index (Phi) is 2.20. The van der Waals surface area contributed by atoms with Gasteiger partial charge < -0.3 is 14.7 Å². The lowest BCUT2D eigenvalue weighted by atomic mass is 9.99. The van der Waals surface area contributed by atoms with Crippen molar-refractivity contribution in [2.45, 2.75) is 31.6 Å². The normalized spacial score (nSPS) is 43.2. The van der Waals surface area contributed by atoms with Crippen LogP contribution < -0.4 is 0 Å². The molecule has 4 nitrogen and oxygen atoms in total. The number of hydrogen-bond donors (Lipinski definition) is 1. The first-order valence-corrected chi connectivity index (χ1v) is 4.01. The molecule has 0 bridgehead atoms. The summed E-state index contributed by atoms with van der Waals surface area (Å²) >= 11 is 0. The van der Waals surface area contributed by atoms with Crippen molar-refractivity contribution in [1.29, 1.82) is 0 Å². The molecule has 1 heterocycles. The second-order valence-electron chi connectivity index (χ2n) is 3.05. The van der Waals surface area contributed by atoms with E-state index in [1.165, 1.54) is 7.11 Å². The quantitative estimate of drug-likeness (QED) is 0.668. The summed E-state index contributed by atoms with van der Waals surface area (Å²) in [7, 11) is -0.936. The molecule has 0 amide bonds. The van der Waals surface area contributed by atoms with Crippen LogP contribution in [0, 0.1) is 0 Å². The molecule has 0 radical (unpaired) electrons. The van der Waals surface area contributed by atoms with E-state index in [0.717, 1.165) is 5.06 Å². The summed E-state index contributed by atoms with van der Waals surface area (Å²) in [5.41, 5.74) is 0. The van der Waals surface area contributed by atoms with E-state index in [9.17, 15) is 5.21 Å². The van der Waals surface area contributed by atoms with E-state index in [1.54, 1.807) is 6.92 Å². The SMILES string of the molecule is [2H]C([2H])([2H])OC1CCN(O)C(C)C1OC. The molecule has 12 heavy (non-hydrogen) atoms. The number of rotatable bonds is 2. The van der Waals surface area contributed by atoms with Gasteiger partial charge in [-0.1, -0.05) is 0 Å². The highest BCUT2D eigenvalue weighted by Gasteiger charge is 2.35. The highest BCUT2D eigenvalue weighted by molar-refractivity contribution is 4.85. The van der Waals surface area contributed by atoms with Crippen LogP contribution in [-0.4, -0.2) is 49.2 Å². The van der Waals surface area contributed by atoms with Crippen molar-refractivity contribution >= 4 is 0 Å². The zero-order valence-electron chi connectivity index (χ0n) is 10.4. The lowest BCUT2D eigenvalue weighted by Crippen LogP contribution is -2.53. The van der Waals surface area contributed by atoms with Crippen LogP contribution in [0.4, 0.5) is 0 Å². The molecule has 0 spiro atoms. The van der Waals surface area contributed by atoms with Crippen molar-refractivity contribution in [2.75, 3.05) is 20.7 Å². The van der Waals surface area contributed by atoms with Gasteiger partial charge in [-0.25, -0.2) is 0 Å². The summed E-state index contributed by atoms with van der Waals surface area (Å²) in [4.78, 5) is 0. The Hall–Kier alpha value is -0.160. The molecule has 72 valence electrons. The number of ether oxygens (including phenoxy) is 2. The lowest BCUT2D eigenvalue weighted by molar-refractivity contribution is -0.206. The fourth-order valence-corrected chi connectivity index (χ4v) is 1.58. The van der Waals surface area contributed by atoms with Gasteiger partial charge in [-0.3, -0.25) is 0 Å². The van der Waals surface area contributed by atoms with Crippen LogP contribution in [0.25, 0.3) is 0 Å². The zero-order chi connectivity index (χ0) is 11.6. The minimum atomic E-state index is -2.42. The maximum absolute atomic E-state index is 9.45. The smallest absolute Gasteiger partial charge is 0.101 e. The van der Waals surface area contributed by atoms with Crippen molar-refractivity contribution in [3.63, 3.8) is 0 Å². The molecule has 0 aromatic carbocycles. The summed E-state index contributed by atoms with van der Waals surface area (Å²) in [6, 6.07) is -0.268. The van der Waals surface area contributed by atoms with E-state index in [4.69, 9.17) is 13.6 Å². The van der Waals surface area contributed by atoms with Crippen LogP contribution in [0.1, 0.15) is 17.5 Å². The van der Waals surface area contributed by atoms with Gasteiger partial charge in [0.2, 0.25) is 0 Å². The van der Waals surface area contributed by atoms with Crippen LogP contribution in [0.5, 0.6) is 0 Å². The fraction of sp³-hybridized carbons (Fsp3) is 1.00. The number of nitrogens with zero attached hydrogens (tertiary/aromatic N) is 1. The maximum Gasteiger partial charge on any atom is 0.101 e. The Morgan fingerprint density at radius 3 is 2.92 bits per heavy atom. The fourth-order valence-electron chi connectivity index (χ4n) is 1.58. The molecule has 1 N–H and O–H groups in total. The maximum atomic E-state index is 9.45. The van der Waals surface area contributed by atoms with E-state index in [2.05, 4.69) is 0 Å². The summed E-state index contributed by atoms with van der Waals surface area (Å²) in [6.07, 6.45) is -0.484. The Balaban J connectivity index is 2.64. The Bertz CT molecular complexity index is 212. The molecule has 1 rings (SSSR count). The minimum Gasteiger partial charge on any atom is -0.379 e. The molecule has 0 aliphatic carbocycles. The molecule has 1 saturated heterocycles. The number of hydroxylamine groups is 2. The predicted octanol–water partition coefficient (Wildman–Crippen LogP) is 0.500. The first-order chi connectivity index (χ1) is 6.85. The predicted molar refractivity (Wildman–Crippen MR) is 44.2 cm³/mol. The topological polar surface area (TPSA) is 41.9 Å². The summed E-state index contributed by atoms with van der Waals surface area (Å²) in [5.74, 6) is 0. The van der Waals surface area contributed by atoms with Gasteiger partial charge in [0, 0.05) is 20.7 Å². The molecule has 1 fully saturated rings. The van der Waals surface area contributed by atoms with Crippen LogP contribution in [0.2, 0.25) is 0 Å². The van der Waals surface area contributed by atoms with Crippen molar-refractivity contribution in [1.82, 2.24) is 5.06 Å². The molecule has 0 saturated carbocycles. The molecular weight excluding hydrogens is 158 g/mol. The largest absolute Gasteiger partial charge is 0.379 e. The van der Waals surface area contributed by atoms with Crippen LogP contribution in [0.15, 0.2) is 0 Å². The van der Waals surface area contributed by atoms with Gasteiger partial charge in [0.1, 0.15) is 6.10 Å². The van der Waals surface area contributed by atoms with Crippen molar-refractivity contribution in [3.8, 4) is 0 Å². The number of piperidine rings is 1. The Morgan fingerprint density at radius 1 is 1.58 bits per heavy atom. The lowest BCUT2D eigenvalue weighted by Gasteiger charge is -2.39. The van der Waals surface area contributed by atoms with Gasteiger partial charge >= 0.3 is 0 Å². The third-order valence-electron chi connectivity index (χ3n) is 2.38. The molecule has 3 unspecified atom stereocenters. The molecule has 1 aliphatic heterocycles. The van der Waals surface area contributed by atoms with Crippen LogP contribution >= 0.6 is 0 Å². The first kappa shape index (κ1) is 6.32. The molecule has 0 aromatic rings. The standard InChI is InChI=1S/C8H17NO3/c1-6-8(12-3)7(11-2)4-5-9(6)10/h6-8,10H,4-5H2,1-3H3/i2D3. The van der Waals surface area contributed by atoms with E-state index in [0.29, 0.717) is 13.0 Å². The van der Waals surface area contributed by atoms with E-state index in [1.807, 2.05) is 0 Å². The third kappa shape index (κ3) is 1.77. The van der Waals surface area contributed by atoms with E-state index >= 15 is 0 Å². The molecule has 3 atom stereocenters. The highest BCUT2D eigenvalue weighted by atomic mass is 16.5. The monoisotopic (exact) mass is 178 g/mol. The zero-order valence-corrected chi connectivity index (χ0v) is 7.36. The molecule has 1 aliphatic rings. The number of hydrogen-bond acceptors (Lipinski definition) is 4. The Morgan fingerprint density at radius 2 is 2.33 bits per heavy atom. The molecule has 0 aromatic heterocycles. The second kappa shape index (κ2) is 4.18. The Labute approximate surface area is 77.2 Å². The third-order valence-corrected chi connectivity index (χ3v) is 2.38. The summed E-state index contributed by atoms with van der Waals surface area (Å²) in [5, 5.41) is 10.6. The van der Waals surface area contributed by atoms with Crippen molar-refractivity contribution in [3.05, 3.63) is 0 Å². The molecule has 4 heteroatoms. The van der Waals surface area contributed by atoms with Gasteiger partial charge in [-0.15, -0.1) is 0 Å². The van der Waals surface area contributed by atoms with Gasteiger partial charge in [0.15, 0.2) is 0 Å². The summed E-state index contributed by atoms with van der Waals surface area (Å²) < 4.78 is 31.2. The van der Waals surface area contributed by atoms with E-state index in [-0.39, 0.29) is 6.04 Å². The molecular formula is C8H17NO3. The van der Waals surface area contributed by atoms with Crippen LogP contribution in [0.3, 0.4) is 0 Å². The van der Waals surface area contributed by atoms with Crippen molar-refractivity contribution in [2.24, 2.45) is 0 Å². The second-order valence-corrected chi connectivity index (χ2v) is 3.05. The minimum absolute atomic E-state index is 0.268. The van der Waals surface area contributed by atoms with Crippen molar-refractivity contribution < 1.29 is 18.8 Å². The number of methoxy groups -OCH3 is 2. The van der Waals surface area contributed by atoms with Gasteiger partial charge in [0.05, 0.1) is 16.3 Å². The van der Waals surface area contributed by atoms with E-state index < -0.39 is 19.2 Å². The van der Waals surface area contributed by atoms with Gasteiger partial charge in [-0.2, -0.15) is 5.06 Å². The van der Waals surface area contributed by atoms with Gasteiger partial charge in [-0.05, 0) is 13.3 Å². The van der Waals surface area contributed by atoms with Crippen LogP contribution in [-0.2, 0) is 9.47 Å². The van der Waals surface area contributed by atoms with Gasteiger partial charge in [0.25, 0.3) is 0 Å². The average Bonchev–Trinajstić information content (AvgIpc) is 2.10. The average molecular weight is 178 g/mol. The highest BCUT2D eigenvalue weighted by Crippen LogP contribution is 2.20. The first-order valence-electron chi connectivity index (χ1n) is 5.51.